The number of hydrogen-bond acceptors (Lipinski definition) is 6. The van der Waals surface area contributed by atoms with Crippen LogP contribution in [0.3, 0.4) is 0 Å². The molecule has 0 unspecified atom stereocenters. The third-order valence-electron chi connectivity index (χ3n) is 2.62. The summed E-state index contributed by atoms with van der Waals surface area (Å²) in [6.45, 7) is 0. The van der Waals surface area contributed by atoms with Crippen molar-refractivity contribution in [3.05, 3.63) is 36.0 Å². The SMILES string of the molecule is COc1cc(N)ccc1Oc1ncnc2sccc12. The van der Waals surface area contributed by atoms with Crippen molar-refractivity contribution in [2.24, 2.45) is 0 Å². The van der Waals surface area contributed by atoms with Gasteiger partial charge in [-0.1, -0.05) is 0 Å². The Labute approximate surface area is 113 Å². The van der Waals surface area contributed by atoms with Crippen molar-refractivity contribution < 1.29 is 9.47 Å². The van der Waals surface area contributed by atoms with Crippen LogP contribution in [0.2, 0.25) is 0 Å². The van der Waals surface area contributed by atoms with Gasteiger partial charge in [0.25, 0.3) is 0 Å². The first-order valence-electron chi connectivity index (χ1n) is 5.57. The fourth-order valence-electron chi connectivity index (χ4n) is 1.72. The molecule has 0 aliphatic heterocycles. The van der Waals surface area contributed by atoms with Crippen molar-refractivity contribution >= 4 is 27.2 Å². The molecule has 0 saturated heterocycles. The van der Waals surface area contributed by atoms with Crippen LogP contribution in [0.25, 0.3) is 10.2 Å². The fraction of sp³-hybridized carbons (Fsp3) is 0.0769. The van der Waals surface area contributed by atoms with E-state index in [0.717, 1.165) is 10.2 Å². The number of aromatic nitrogens is 2. The van der Waals surface area contributed by atoms with E-state index in [2.05, 4.69) is 9.97 Å². The number of nitrogen functional groups attached to an aromatic ring is 1. The molecule has 0 amide bonds. The lowest BCUT2D eigenvalue weighted by Crippen LogP contribution is -1.94. The summed E-state index contributed by atoms with van der Waals surface area (Å²) in [5.41, 5.74) is 6.33. The Bertz CT molecular complexity index is 727. The lowest BCUT2D eigenvalue weighted by atomic mass is 10.3. The molecule has 2 heterocycles. The molecule has 0 atom stereocenters. The number of methoxy groups -OCH3 is 1. The molecular formula is C13H11N3O2S. The van der Waals surface area contributed by atoms with Crippen molar-refractivity contribution in [2.75, 3.05) is 12.8 Å². The van der Waals surface area contributed by atoms with E-state index < -0.39 is 0 Å². The van der Waals surface area contributed by atoms with E-state index in [1.807, 2.05) is 11.4 Å². The zero-order valence-electron chi connectivity index (χ0n) is 10.2. The van der Waals surface area contributed by atoms with Gasteiger partial charge in [0.05, 0.1) is 12.5 Å². The number of benzene rings is 1. The van der Waals surface area contributed by atoms with Crippen molar-refractivity contribution in [2.45, 2.75) is 0 Å². The number of thiophene rings is 1. The van der Waals surface area contributed by atoms with E-state index in [0.29, 0.717) is 23.1 Å². The first-order valence-corrected chi connectivity index (χ1v) is 6.45. The van der Waals surface area contributed by atoms with Crippen LogP contribution in [0.15, 0.2) is 36.0 Å². The average molecular weight is 273 g/mol. The monoisotopic (exact) mass is 273 g/mol. The van der Waals surface area contributed by atoms with Crippen LogP contribution in [-0.2, 0) is 0 Å². The largest absolute Gasteiger partial charge is 0.493 e. The van der Waals surface area contributed by atoms with Crippen LogP contribution in [0, 0.1) is 0 Å². The molecule has 0 fully saturated rings. The molecular weight excluding hydrogens is 262 g/mol. The van der Waals surface area contributed by atoms with Gasteiger partial charge in [-0.2, -0.15) is 0 Å². The van der Waals surface area contributed by atoms with Gasteiger partial charge in [0, 0.05) is 11.8 Å². The molecule has 0 aliphatic carbocycles. The molecule has 5 nitrogen and oxygen atoms in total. The zero-order chi connectivity index (χ0) is 13.2. The third-order valence-corrected chi connectivity index (χ3v) is 3.44. The summed E-state index contributed by atoms with van der Waals surface area (Å²) in [7, 11) is 1.57. The quantitative estimate of drug-likeness (QED) is 0.742. The molecule has 2 aromatic heterocycles. The predicted molar refractivity (Wildman–Crippen MR) is 74.9 cm³/mol. The summed E-state index contributed by atoms with van der Waals surface area (Å²) in [5, 5.41) is 2.83. The standard InChI is InChI=1S/C13H11N3O2S/c1-17-11-6-8(14)2-3-10(11)18-12-9-4-5-19-13(9)16-7-15-12/h2-7H,14H2,1H3. The number of rotatable bonds is 3. The number of fused-ring (bicyclic) bond motifs is 1. The number of nitrogens with two attached hydrogens (primary N) is 1. The molecule has 0 bridgehead atoms. The first kappa shape index (κ1) is 11.7. The Kier molecular flexibility index (Phi) is 2.92. The number of ether oxygens (including phenoxy) is 2. The molecule has 0 spiro atoms. The topological polar surface area (TPSA) is 70.3 Å². The minimum absolute atomic E-state index is 0.509. The molecule has 2 N–H and O–H groups in total. The van der Waals surface area contributed by atoms with E-state index in [-0.39, 0.29) is 0 Å². The average Bonchev–Trinajstić information content (AvgIpc) is 2.90. The molecule has 96 valence electrons. The highest BCUT2D eigenvalue weighted by molar-refractivity contribution is 7.16. The predicted octanol–water partition coefficient (Wildman–Crippen LogP) is 3.07. The summed E-state index contributed by atoms with van der Waals surface area (Å²) < 4.78 is 11.0. The van der Waals surface area contributed by atoms with Gasteiger partial charge in [-0.25, -0.2) is 9.97 Å². The Balaban J connectivity index is 2.03. The second-order valence-corrected chi connectivity index (χ2v) is 4.73. The van der Waals surface area contributed by atoms with Gasteiger partial charge in [0.1, 0.15) is 11.2 Å². The molecule has 19 heavy (non-hydrogen) atoms. The highest BCUT2D eigenvalue weighted by Crippen LogP contribution is 2.35. The second-order valence-electron chi connectivity index (χ2n) is 3.83. The minimum Gasteiger partial charge on any atom is -0.493 e. The summed E-state index contributed by atoms with van der Waals surface area (Å²) >= 11 is 1.54. The molecule has 3 rings (SSSR count). The smallest absolute Gasteiger partial charge is 0.231 e. The molecule has 0 aliphatic rings. The molecule has 0 radical (unpaired) electrons. The van der Waals surface area contributed by atoms with Gasteiger partial charge >= 0.3 is 0 Å². The normalized spacial score (nSPS) is 10.6. The molecule has 6 heteroatoms. The first-order chi connectivity index (χ1) is 9.28. The third kappa shape index (κ3) is 2.17. The van der Waals surface area contributed by atoms with E-state index in [1.165, 1.54) is 6.33 Å². The summed E-state index contributed by atoms with van der Waals surface area (Å²) in [6.07, 6.45) is 1.48. The van der Waals surface area contributed by atoms with Gasteiger partial charge < -0.3 is 15.2 Å². The van der Waals surface area contributed by atoms with Crippen LogP contribution in [0.1, 0.15) is 0 Å². The van der Waals surface area contributed by atoms with Gasteiger partial charge in [-0.3, -0.25) is 0 Å². The van der Waals surface area contributed by atoms with Crippen LogP contribution in [0.5, 0.6) is 17.4 Å². The second kappa shape index (κ2) is 4.74. The van der Waals surface area contributed by atoms with Gasteiger partial charge in [0.15, 0.2) is 11.5 Å². The van der Waals surface area contributed by atoms with Crippen molar-refractivity contribution in [3.63, 3.8) is 0 Å². The summed E-state index contributed by atoms with van der Waals surface area (Å²) in [5.74, 6) is 1.65. The van der Waals surface area contributed by atoms with Crippen LogP contribution in [-0.4, -0.2) is 17.1 Å². The number of nitrogens with zero attached hydrogens (tertiary/aromatic N) is 2. The highest BCUT2D eigenvalue weighted by Gasteiger charge is 2.10. The maximum absolute atomic E-state index is 5.80. The Hall–Kier alpha value is -2.34. The molecule has 1 aromatic carbocycles. The van der Waals surface area contributed by atoms with Crippen LogP contribution < -0.4 is 15.2 Å². The van der Waals surface area contributed by atoms with Crippen molar-refractivity contribution in [3.8, 4) is 17.4 Å². The van der Waals surface area contributed by atoms with E-state index in [1.54, 1.807) is 36.6 Å². The number of anilines is 1. The van der Waals surface area contributed by atoms with Crippen LogP contribution >= 0.6 is 11.3 Å². The van der Waals surface area contributed by atoms with Crippen LogP contribution in [0.4, 0.5) is 5.69 Å². The fourth-order valence-corrected chi connectivity index (χ4v) is 2.44. The van der Waals surface area contributed by atoms with E-state index >= 15 is 0 Å². The van der Waals surface area contributed by atoms with Gasteiger partial charge in [0.2, 0.25) is 5.88 Å². The maximum Gasteiger partial charge on any atom is 0.231 e. The molecule has 3 aromatic rings. The number of hydrogen-bond donors (Lipinski definition) is 1. The minimum atomic E-state index is 0.509. The van der Waals surface area contributed by atoms with Gasteiger partial charge in [-0.15, -0.1) is 11.3 Å². The maximum atomic E-state index is 5.80. The lowest BCUT2D eigenvalue weighted by molar-refractivity contribution is 0.376. The van der Waals surface area contributed by atoms with Crippen molar-refractivity contribution in [1.29, 1.82) is 0 Å². The van der Waals surface area contributed by atoms with Gasteiger partial charge in [-0.05, 0) is 23.6 Å². The molecule has 0 saturated carbocycles. The Morgan fingerprint density at radius 3 is 2.89 bits per heavy atom. The lowest BCUT2D eigenvalue weighted by Gasteiger charge is -2.10. The zero-order valence-corrected chi connectivity index (χ0v) is 11.0. The van der Waals surface area contributed by atoms with E-state index in [9.17, 15) is 0 Å². The highest BCUT2D eigenvalue weighted by atomic mass is 32.1. The van der Waals surface area contributed by atoms with Crippen molar-refractivity contribution in [1.82, 2.24) is 9.97 Å². The Morgan fingerprint density at radius 1 is 1.16 bits per heavy atom. The summed E-state index contributed by atoms with van der Waals surface area (Å²) in [4.78, 5) is 9.22. The Morgan fingerprint density at radius 2 is 2.05 bits per heavy atom. The summed E-state index contributed by atoms with van der Waals surface area (Å²) in [6, 6.07) is 7.15. The van der Waals surface area contributed by atoms with E-state index in [4.69, 9.17) is 15.2 Å².